The van der Waals surface area contributed by atoms with Crippen LogP contribution >= 0.6 is 0 Å². The van der Waals surface area contributed by atoms with Crippen molar-refractivity contribution in [1.29, 1.82) is 0 Å². The van der Waals surface area contributed by atoms with E-state index in [1.165, 1.54) is 0 Å². The molecule has 0 radical (unpaired) electrons. The van der Waals surface area contributed by atoms with Gasteiger partial charge in [0.2, 0.25) is 0 Å². The maximum atomic E-state index is 12.7. The van der Waals surface area contributed by atoms with Crippen LogP contribution in [0, 0.1) is 17.8 Å². The molecule has 0 aromatic rings. The van der Waals surface area contributed by atoms with Gasteiger partial charge in [0, 0.05) is 19.6 Å². The van der Waals surface area contributed by atoms with Gasteiger partial charge in [0.05, 0.1) is 0 Å². The molecule has 0 aliphatic carbocycles. The van der Waals surface area contributed by atoms with Gasteiger partial charge in [0.1, 0.15) is 6.04 Å². The number of likely N-dealkylation sites (tertiary alicyclic amines) is 2. The Hall–Kier alpha value is -1.26. The molecule has 2 aliphatic heterocycles. The van der Waals surface area contributed by atoms with Gasteiger partial charge in [0.25, 0.3) is 0 Å². The molecule has 4 atom stereocenters. The molecule has 0 aromatic heterocycles. The van der Waals surface area contributed by atoms with Gasteiger partial charge in [-0.25, -0.2) is 9.59 Å². The molecule has 20 heavy (non-hydrogen) atoms. The highest BCUT2D eigenvalue weighted by Gasteiger charge is 2.38. The standard InChI is InChI=1S/C15H26N2O3/c1-10-4-5-17(13(7-10)14(18)19)15(20)16-8-11(2)6-12(3)9-16/h10-13H,4-9H2,1-3H3,(H,18,19). The smallest absolute Gasteiger partial charge is 0.326 e. The first kappa shape index (κ1) is 15.1. The van der Waals surface area contributed by atoms with E-state index in [-0.39, 0.29) is 6.03 Å². The first-order chi connectivity index (χ1) is 9.38. The number of urea groups is 1. The number of rotatable bonds is 1. The van der Waals surface area contributed by atoms with E-state index in [9.17, 15) is 14.7 Å². The minimum atomic E-state index is -0.872. The van der Waals surface area contributed by atoms with E-state index < -0.39 is 12.0 Å². The van der Waals surface area contributed by atoms with Crippen LogP contribution in [0.3, 0.4) is 0 Å². The predicted octanol–water partition coefficient (Wildman–Crippen LogP) is 2.27. The molecule has 114 valence electrons. The van der Waals surface area contributed by atoms with Crippen molar-refractivity contribution < 1.29 is 14.7 Å². The molecule has 5 nitrogen and oxygen atoms in total. The zero-order valence-electron chi connectivity index (χ0n) is 12.7. The molecule has 2 heterocycles. The minimum Gasteiger partial charge on any atom is -0.480 e. The fraction of sp³-hybridized carbons (Fsp3) is 0.867. The van der Waals surface area contributed by atoms with Gasteiger partial charge in [-0.3, -0.25) is 0 Å². The van der Waals surface area contributed by atoms with Crippen LogP contribution in [0.1, 0.15) is 40.0 Å². The summed E-state index contributed by atoms with van der Waals surface area (Å²) in [5.41, 5.74) is 0. The second-order valence-corrected chi connectivity index (χ2v) is 6.81. The summed E-state index contributed by atoms with van der Waals surface area (Å²) in [6.45, 7) is 8.44. The van der Waals surface area contributed by atoms with Crippen LogP contribution in [0.15, 0.2) is 0 Å². The number of amides is 2. The van der Waals surface area contributed by atoms with Gasteiger partial charge >= 0.3 is 12.0 Å². The van der Waals surface area contributed by atoms with Crippen LogP contribution in [0.5, 0.6) is 0 Å². The third kappa shape index (κ3) is 3.25. The van der Waals surface area contributed by atoms with Gasteiger partial charge < -0.3 is 14.9 Å². The van der Waals surface area contributed by atoms with Gasteiger partial charge in [-0.15, -0.1) is 0 Å². The van der Waals surface area contributed by atoms with Crippen molar-refractivity contribution in [2.75, 3.05) is 19.6 Å². The van der Waals surface area contributed by atoms with Crippen molar-refractivity contribution >= 4 is 12.0 Å². The SMILES string of the molecule is CC1CCN(C(=O)N2CC(C)CC(C)C2)C(C(=O)O)C1. The molecule has 0 spiro atoms. The first-order valence-corrected chi connectivity index (χ1v) is 7.66. The number of carbonyl (C=O) groups excluding carboxylic acids is 1. The average molecular weight is 282 g/mol. The van der Waals surface area contributed by atoms with Crippen molar-refractivity contribution in [3.8, 4) is 0 Å². The first-order valence-electron chi connectivity index (χ1n) is 7.66. The van der Waals surface area contributed by atoms with Crippen molar-refractivity contribution in [3.05, 3.63) is 0 Å². The number of piperidine rings is 2. The van der Waals surface area contributed by atoms with E-state index >= 15 is 0 Å². The number of nitrogens with zero attached hydrogens (tertiary/aromatic N) is 2. The second-order valence-electron chi connectivity index (χ2n) is 6.81. The molecule has 0 saturated carbocycles. The van der Waals surface area contributed by atoms with Crippen molar-refractivity contribution in [3.63, 3.8) is 0 Å². The van der Waals surface area contributed by atoms with Crippen LogP contribution in [0.4, 0.5) is 4.79 Å². The molecular weight excluding hydrogens is 256 g/mol. The maximum Gasteiger partial charge on any atom is 0.326 e. The Morgan fingerprint density at radius 2 is 1.60 bits per heavy atom. The van der Waals surface area contributed by atoms with E-state index in [1.54, 1.807) is 4.90 Å². The zero-order chi connectivity index (χ0) is 14.9. The van der Waals surface area contributed by atoms with E-state index in [2.05, 4.69) is 20.8 Å². The van der Waals surface area contributed by atoms with Gasteiger partial charge in [-0.2, -0.15) is 0 Å². The van der Waals surface area contributed by atoms with E-state index in [4.69, 9.17) is 0 Å². The van der Waals surface area contributed by atoms with Crippen LogP contribution in [0.25, 0.3) is 0 Å². The number of aliphatic carboxylic acids is 1. The Morgan fingerprint density at radius 3 is 2.15 bits per heavy atom. The van der Waals surface area contributed by atoms with Crippen molar-refractivity contribution in [2.24, 2.45) is 17.8 Å². The topological polar surface area (TPSA) is 60.9 Å². The predicted molar refractivity (Wildman–Crippen MR) is 76.4 cm³/mol. The van der Waals surface area contributed by atoms with E-state index in [0.29, 0.717) is 30.7 Å². The summed E-state index contributed by atoms with van der Waals surface area (Å²) in [7, 11) is 0. The third-order valence-corrected chi connectivity index (χ3v) is 4.53. The third-order valence-electron chi connectivity index (χ3n) is 4.53. The summed E-state index contributed by atoms with van der Waals surface area (Å²) in [5, 5.41) is 9.37. The molecule has 2 amide bonds. The Balaban J connectivity index is 2.08. The molecule has 0 bridgehead atoms. The molecule has 2 rings (SSSR count). The van der Waals surface area contributed by atoms with Crippen LogP contribution in [-0.2, 0) is 4.79 Å². The summed E-state index contributed by atoms with van der Waals surface area (Å²) in [6.07, 6.45) is 2.61. The number of hydrogen-bond acceptors (Lipinski definition) is 2. The Labute approximate surface area is 120 Å². The lowest BCUT2D eigenvalue weighted by Gasteiger charge is -2.42. The van der Waals surface area contributed by atoms with Crippen LogP contribution < -0.4 is 0 Å². The van der Waals surface area contributed by atoms with Crippen LogP contribution in [-0.4, -0.2) is 52.6 Å². The number of hydrogen-bond donors (Lipinski definition) is 1. The number of carboxylic acids is 1. The number of carbonyl (C=O) groups is 2. The van der Waals surface area contributed by atoms with Crippen LogP contribution in [0.2, 0.25) is 0 Å². The Bertz CT molecular complexity index is 375. The monoisotopic (exact) mass is 282 g/mol. The Morgan fingerprint density at radius 1 is 1.00 bits per heavy atom. The second kappa shape index (κ2) is 6.02. The summed E-state index contributed by atoms with van der Waals surface area (Å²) in [6, 6.07) is -0.735. The highest BCUT2D eigenvalue weighted by Crippen LogP contribution is 2.27. The summed E-state index contributed by atoms with van der Waals surface area (Å²) in [4.78, 5) is 27.5. The molecule has 2 aliphatic rings. The lowest BCUT2D eigenvalue weighted by Crippen LogP contribution is -2.56. The summed E-state index contributed by atoms with van der Waals surface area (Å²) < 4.78 is 0. The maximum absolute atomic E-state index is 12.7. The van der Waals surface area contributed by atoms with Gasteiger partial charge in [-0.05, 0) is 37.0 Å². The van der Waals surface area contributed by atoms with Gasteiger partial charge in [0.15, 0.2) is 0 Å². The summed E-state index contributed by atoms with van der Waals surface area (Å²) in [5.74, 6) is 0.492. The number of carboxylic acid groups (broad SMARTS) is 1. The van der Waals surface area contributed by atoms with Crippen molar-refractivity contribution in [1.82, 2.24) is 9.80 Å². The van der Waals surface area contributed by atoms with E-state index in [1.807, 2.05) is 4.90 Å². The average Bonchev–Trinajstić information content (AvgIpc) is 2.36. The van der Waals surface area contributed by atoms with E-state index in [0.717, 1.165) is 25.9 Å². The highest BCUT2D eigenvalue weighted by atomic mass is 16.4. The largest absolute Gasteiger partial charge is 0.480 e. The Kier molecular flexibility index (Phi) is 4.55. The van der Waals surface area contributed by atoms with Gasteiger partial charge in [-0.1, -0.05) is 20.8 Å². The lowest BCUT2D eigenvalue weighted by atomic mass is 9.91. The molecule has 0 aromatic carbocycles. The fourth-order valence-electron chi connectivity index (χ4n) is 3.61. The highest BCUT2D eigenvalue weighted by molar-refractivity contribution is 5.83. The molecular formula is C15H26N2O3. The summed E-state index contributed by atoms with van der Waals surface area (Å²) >= 11 is 0. The van der Waals surface area contributed by atoms with Crippen molar-refractivity contribution in [2.45, 2.75) is 46.1 Å². The zero-order valence-corrected chi connectivity index (χ0v) is 12.7. The lowest BCUT2D eigenvalue weighted by molar-refractivity contribution is -0.144. The quantitative estimate of drug-likeness (QED) is 0.802. The molecule has 5 heteroatoms. The molecule has 1 N–H and O–H groups in total. The molecule has 2 fully saturated rings. The fourth-order valence-corrected chi connectivity index (χ4v) is 3.61. The minimum absolute atomic E-state index is 0.0808. The molecule has 4 unspecified atom stereocenters. The normalized spacial score (nSPS) is 35.0. The molecule has 2 saturated heterocycles.